The summed E-state index contributed by atoms with van der Waals surface area (Å²) in [4.78, 5) is 34.9. The van der Waals surface area contributed by atoms with E-state index in [1.165, 1.54) is 14.1 Å². The molecule has 2 atom stereocenters. The number of carbonyl (C=O) groups is 2. The maximum atomic E-state index is 14.1. The van der Waals surface area contributed by atoms with Crippen LogP contribution in [0.2, 0.25) is 0 Å². The first-order chi connectivity index (χ1) is 11.1. The quantitative estimate of drug-likeness (QED) is 0.168. The summed E-state index contributed by atoms with van der Waals surface area (Å²) < 4.78 is 18.8. The summed E-state index contributed by atoms with van der Waals surface area (Å²) in [6.07, 6.45) is 1.37. The normalized spacial score (nSPS) is 23.8. The second-order valence-electron chi connectivity index (χ2n) is 5.05. The van der Waals surface area contributed by atoms with Crippen LogP contribution >= 0.6 is 23.2 Å². The summed E-state index contributed by atoms with van der Waals surface area (Å²) in [5.74, 6) is -2.55. The molecule has 0 aromatic rings. The highest BCUT2D eigenvalue weighted by Crippen LogP contribution is 2.43. The SMILES string of the molecule is C=CC(=O)OCCC(=O)C1=CC(F)=C(Cl)C(N(C)C)([N+](=O)[O-])C1Cl. The predicted octanol–water partition coefficient (Wildman–Crippen LogP) is 2.18. The van der Waals surface area contributed by atoms with Crippen LogP contribution in [0.3, 0.4) is 0 Å². The van der Waals surface area contributed by atoms with E-state index >= 15 is 0 Å². The number of nitrogens with zero attached hydrogens (tertiary/aromatic N) is 2. The topological polar surface area (TPSA) is 89.8 Å². The molecule has 0 saturated heterocycles. The molecule has 0 amide bonds. The largest absolute Gasteiger partial charge is 0.462 e. The van der Waals surface area contributed by atoms with E-state index in [-0.39, 0.29) is 18.6 Å². The van der Waals surface area contributed by atoms with Gasteiger partial charge >= 0.3 is 11.6 Å². The maximum absolute atomic E-state index is 14.1. The van der Waals surface area contributed by atoms with Crippen LogP contribution in [0.25, 0.3) is 0 Å². The highest BCUT2D eigenvalue weighted by atomic mass is 35.5. The number of esters is 1. The minimum absolute atomic E-state index is 0.295. The van der Waals surface area contributed by atoms with Crippen LogP contribution in [0, 0.1) is 10.1 Å². The van der Waals surface area contributed by atoms with E-state index in [9.17, 15) is 24.1 Å². The van der Waals surface area contributed by atoms with E-state index in [4.69, 9.17) is 23.2 Å². The van der Waals surface area contributed by atoms with Gasteiger partial charge in [-0.15, -0.1) is 11.6 Å². The van der Waals surface area contributed by atoms with E-state index in [0.717, 1.165) is 17.1 Å². The van der Waals surface area contributed by atoms with Crippen LogP contribution in [-0.2, 0) is 14.3 Å². The zero-order chi connectivity index (χ0) is 18.7. The second-order valence-corrected chi connectivity index (χ2v) is 5.86. The van der Waals surface area contributed by atoms with Gasteiger partial charge in [0.25, 0.3) is 0 Å². The fraction of sp³-hybridized carbons (Fsp3) is 0.429. The number of allylic oxidation sites excluding steroid dienone is 2. The molecule has 1 aliphatic rings. The molecule has 1 aliphatic carbocycles. The van der Waals surface area contributed by atoms with Gasteiger partial charge < -0.3 is 4.74 Å². The Bertz CT molecular complexity index is 647. The first kappa shape index (κ1) is 20.3. The molecule has 0 heterocycles. The third kappa shape index (κ3) is 3.50. The Morgan fingerprint density at radius 2 is 2.17 bits per heavy atom. The molecule has 0 N–H and O–H groups in total. The Kier molecular flexibility index (Phi) is 6.65. The van der Waals surface area contributed by atoms with E-state index in [1.54, 1.807) is 0 Å². The molecule has 24 heavy (non-hydrogen) atoms. The minimum Gasteiger partial charge on any atom is -0.462 e. The number of carbonyl (C=O) groups excluding carboxylic acids is 2. The van der Waals surface area contributed by atoms with Gasteiger partial charge in [0.1, 0.15) is 10.9 Å². The molecule has 0 aromatic heterocycles. The van der Waals surface area contributed by atoms with Crippen molar-refractivity contribution in [2.75, 3.05) is 20.7 Å². The molecule has 0 bridgehead atoms. The lowest BCUT2D eigenvalue weighted by Crippen LogP contribution is -2.60. The van der Waals surface area contributed by atoms with E-state index in [0.29, 0.717) is 0 Å². The number of Topliss-reactive ketones (excluding diaryl/α,β-unsaturated/α-hetero) is 1. The van der Waals surface area contributed by atoms with Crippen molar-refractivity contribution >= 4 is 35.0 Å². The smallest absolute Gasteiger partial charge is 0.336 e. The molecule has 0 saturated carbocycles. The Morgan fingerprint density at radius 3 is 2.62 bits per heavy atom. The number of halogens is 3. The second kappa shape index (κ2) is 7.87. The number of rotatable bonds is 7. The highest BCUT2D eigenvalue weighted by Gasteiger charge is 2.60. The van der Waals surface area contributed by atoms with Crippen molar-refractivity contribution in [1.29, 1.82) is 0 Å². The summed E-state index contributed by atoms with van der Waals surface area (Å²) in [6.45, 7) is 2.90. The highest BCUT2D eigenvalue weighted by molar-refractivity contribution is 6.34. The van der Waals surface area contributed by atoms with E-state index in [2.05, 4.69) is 11.3 Å². The summed E-state index contributed by atoms with van der Waals surface area (Å²) in [7, 11) is 2.60. The molecular weight excluding hydrogens is 366 g/mol. The average Bonchev–Trinajstić information content (AvgIpc) is 2.50. The van der Waals surface area contributed by atoms with Crippen LogP contribution in [-0.4, -0.2) is 53.3 Å². The molecule has 0 radical (unpaired) electrons. The van der Waals surface area contributed by atoms with Crippen molar-refractivity contribution in [3.05, 3.63) is 45.3 Å². The Balaban J connectivity index is 3.15. The van der Waals surface area contributed by atoms with Gasteiger partial charge in [-0.25, -0.2) is 14.1 Å². The monoisotopic (exact) mass is 380 g/mol. The van der Waals surface area contributed by atoms with Crippen molar-refractivity contribution in [2.24, 2.45) is 0 Å². The summed E-state index contributed by atoms with van der Waals surface area (Å²) in [5, 5.41) is 9.32. The number of likely N-dealkylation sites (N-methyl/N-ethyl adjacent to an activating group) is 1. The van der Waals surface area contributed by atoms with Crippen molar-refractivity contribution in [3.63, 3.8) is 0 Å². The fourth-order valence-electron chi connectivity index (χ4n) is 2.21. The third-order valence-electron chi connectivity index (χ3n) is 3.46. The molecule has 0 spiro atoms. The summed E-state index contributed by atoms with van der Waals surface area (Å²) in [6, 6.07) is 0. The first-order valence-corrected chi connectivity index (χ1v) is 7.47. The van der Waals surface area contributed by atoms with Crippen LogP contribution in [0.1, 0.15) is 6.42 Å². The maximum Gasteiger partial charge on any atom is 0.336 e. The van der Waals surface area contributed by atoms with Gasteiger partial charge in [-0.1, -0.05) is 18.2 Å². The lowest BCUT2D eigenvalue weighted by molar-refractivity contribution is -0.583. The number of alkyl halides is 1. The molecule has 0 aliphatic heterocycles. The van der Waals surface area contributed by atoms with Gasteiger partial charge in [-0.05, 0) is 20.2 Å². The van der Waals surface area contributed by atoms with Crippen LogP contribution in [0.5, 0.6) is 0 Å². The summed E-state index contributed by atoms with van der Waals surface area (Å²) >= 11 is 11.9. The molecule has 1 rings (SSSR count). The lowest BCUT2D eigenvalue weighted by Gasteiger charge is -2.37. The van der Waals surface area contributed by atoms with E-state index < -0.39 is 38.6 Å². The zero-order valence-corrected chi connectivity index (χ0v) is 14.4. The molecule has 10 heteroatoms. The molecular formula is C14H15Cl2FN2O5. The van der Waals surface area contributed by atoms with Gasteiger partial charge in [0.05, 0.1) is 11.5 Å². The van der Waals surface area contributed by atoms with Crippen LogP contribution < -0.4 is 0 Å². The fourth-order valence-corrected chi connectivity index (χ4v) is 3.23. The van der Waals surface area contributed by atoms with Gasteiger partial charge in [-0.3, -0.25) is 14.9 Å². The molecule has 132 valence electrons. The number of ketones is 1. The molecule has 0 aromatic carbocycles. The van der Waals surface area contributed by atoms with Crippen molar-refractivity contribution < 1.29 is 23.6 Å². The van der Waals surface area contributed by atoms with Gasteiger partial charge in [0.2, 0.25) is 0 Å². The zero-order valence-electron chi connectivity index (χ0n) is 12.9. The van der Waals surface area contributed by atoms with Gasteiger partial charge in [0, 0.05) is 18.1 Å². The lowest BCUT2D eigenvalue weighted by atomic mass is 9.89. The van der Waals surface area contributed by atoms with Crippen molar-refractivity contribution in [2.45, 2.75) is 17.5 Å². The number of ether oxygens (including phenoxy) is 1. The summed E-state index contributed by atoms with van der Waals surface area (Å²) in [5.41, 5.74) is -2.64. The third-order valence-corrected chi connectivity index (χ3v) is 4.46. The van der Waals surface area contributed by atoms with Gasteiger partial charge in [0.15, 0.2) is 11.2 Å². The standard InChI is InChI=1S/C14H15Cl2FN2O5/c1-4-11(21)24-6-5-10(20)8-7-9(17)13(16)14(12(8)15,18(2)3)19(22)23/h4,7,12H,1,5-6H2,2-3H3. The Hall–Kier alpha value is -1.77. The number of nitro groups is 1. The average molecular weight is 381 g/mol. The minimum atomic E-state index is -2.31. The van der Waals surface area contributed by atoms with Crippen LogP contribution in [0.4, 0.5) is 4.39 Å². The van der Waals surface area contributed by atoms with Crippen LogP contribution in [0.15, 0.2) is 35.2 Å². The van der Waals surface area contributed by atoms with Crippen molar-refractivity contribution in [3.8, 4) is 0 Å². The Labute approximate surface area is 147 Å². The molecule has 0 fully saturated rings. The van der Waals surface area contributed by atoms with Crippen molar-refractivity contribution in [1.82, 2.24) is 4.90 Å². The Morgan fingerprint density at radius 1 is 1.58 bits per heavy atom. The predicted molar refractivity (Wildman–Crippen MR) is 85.9 cm³/mol. The number of hydrogen-bond donors (Lipinski definition) is 0. The molecule has 7 nitrogen and oxygen atoms in total. The number of hydrogen-bond acceptors (Lipinski definition) is 6. The molecule has 2 unspecified atom stereocenters. The van der Waals surface area contributed by atoms with E-state index in [1.807, 2.05) is 0 Å². The van der Waals surface area contributed by atoms with Gasteiger partial charge in [-0.2, -0.15) is 0 Å². The first-order valence-electron chi connectivity index (χ1n) is 6.66.